The highest BCUT2D eigenvalue weighted by Crippen LogP contribution is 2.28. The van der Waals surface area contributed by atoms with E-state index in [0.29, 0.717) is 0 Å². The first-order chi connectivity index (χ1) is 16.8. The van der Waals surface area contributed by atoms with Crippen LogP contribution in [0.3, 0.4) is 0 Å². The van der Waals surface area contributed by atoms with Crippen LogP contribution in [0.15, 0.2) is 97.1 Å². The van der Waals surface area contributed by atoms with Gasteiger partial charge in [-0.15, -0.1) is 0 Å². The third-order valence-electron chi connectivity index (χ3n) is 6.56. The molecule has 4 rings (SSSR count). The van der Waals surface area contributed by atoms with Gasteiger partial charge < -0.3 is 19.6 Å². The molecule has 4 aromatic rings. The van der Waals surface area contributed by atoms with Crippen LogP contribution in [-0.2, 0) is 6.42 Å². The number of nitrogens with zero attached hydrogens (tertiary/aromatic N) is 4. The highest BCUT2D eigenvalue weighted by molar-refractivity contribution is 5.66. The summed E-state index contributed by atoms with van der Waals surface area (Å²) in [7, 11) is 12.5. The molecule has 4 nitrogen and oxygen atoms in total. The summed E-state index contributed by atoms with van der Waals surface area (Å²) < 4.78 is 0. The molecule has 0 amide bonds. The van der Waals surface area contributed by atoms with Crippen LogP contribution < -0.4 is 19.6 Å². The Bertz CT molecular complexity index is 1110. The van der Waals surface area contributed by atoms with Gasteiger partial charge in [-0.2, -0.15) is 0 Å². The van der Waals surface area contributed by atoms with Crippen molar-refractivity contribution >= 4 is 34.1 Å². The molecule has 4 heteroatoms. The van der Waals surface area contributed by atoms with Gasteiger partial charge in [0.05, 0.1) is 0 Å². The Balaban J connectivity index is 1.39. The van der Waals surface area contributed by atoms with E-state index >= 15 is 0 Å². The first-order valence-corrected chi connectivity index (χ1v) is 12.0. The second-order valence-corrected chi connectivity index (χ2v) is 9.45. The van der Waals surface area contributed by atoms with Crippen molar-refractivity contribution in [2.24, 2.45) is 0 Å². The SMILES string of the molecule is CN(C)c1ccc(N(C)c2ccc(Cc3ccc(N(C)c4ccc(N(C)C)cc4)cc3)cc2)cc1. The van der Waals surface area contributed by atoms with Crippen LogP contribution in [0.25, 0.3) is 0 Å². The van der Waals surface area contributed by atoms with Crippen molar-refractivity contribution in [2.45, 2.75) is 6.42 Å². The predicted molar refractivity (Wildman–Crippen MR) is 153 cm³/mol. The molecule has 180 valence electrons. The maximum absolute atomic E-state index is 2.23. The lowest BCUT2D eigenvalue weighted by Gasteiger charge is -2.22. The highest BCUT2D eigenvalue weighted by atomic mass is 15.1. The molecule has 4 aromatic carbocycles. The quantitative estimate of drug-likeness (QED) is 0.280. The Labute approximate surface area is 210 Å². The monoisotopic (exact) mass is 464 g/mol. The van der Waals surface area contributed by atoms with Crippen LogP contribution in [0.4, 0.5) is 34.1 Å². The molecule has 35 heavy (non-hydrogen) atoms. The summed E-state index contributed by atoms with van der Waals surface area (Å²) in [6.45, 7) is 0. The van der Waals surface area contributed by atoms with Gasteiger partial charge in [-0.25, -0.2) is 0 Å². The molecule has 0 saturated carbocycles. The lowest BCUT2D eigenvalue weighted by atomic mass is 10.0. The van der Waals surface area contributed by atoms with Crippen molar-refractivity contribution in [3.63, 3.8) is 0 Å². The van der Waals surface area contributed by atoms with Gasteiger partial charge in [0.1, 0.15) is 0 Å². The Morgan fingerprint density at radius 2 is 0.571 bits per heavy atom. The first kappa shape index (κ1) is 24.2. The van der Waals surface area contributed by atoms with Crippen molar-refractivity contribution in [2.75, 3.05) is 61.9 Å². The molecule has 0 saturated heterocycles. The van der Waals surface area contributed by atoms with Crippen LogP contribution in [0.5, 0.6) is 0 Å². The summed E-state index contributed by atoms with van der Waals surface area (Å²) in [5.41, 5.74) is 9.76. The zero-order valence-electron chi connectivity index (χ0n) is 21.7. The summed E-state index contributed by atoms with van der Waals surface area (Å²) in [6.07, 6.45) is 0.920. The Kier molecular flexibility index (Phi) is 7.31. The van der Waals surface area contributed by atoms with E-state index in [1.54, 1.807) is 0 Å². The maximum atomic E-state index is 2.23. The van der Waals surface area contributed by atoms with E-state index in [0.717, 1.165) is 6.42 Å². The van der Waals surface area contributed by atoms with Gasteiger partial charge in [0, 0.05) is 76.4 Å². The van der Waals surface area contributed by atoms with E-state index < -0.39 is 0 Å². The van der Waals surface area contributed by atoms with E-state index in [2.05, 4.69) is 159 Å². The second-order valence-electron chi connectivity index (χ2n) is 9.45. The molecule has 0 radical (unpaired) electrons. The molecule has 0 heterocycles. The molecular weight excluding hydrogens is 428 g/mol. The minimum Gasteiger partial charge on any atom is -0.378 e. The topological polar surface area (TPSA) is 13.0 Å². The Hall–Kier alpha value is -3.92. The van der Waals surface area contributed by atoms with Gasteiger partial charge in [-0.05, 0) is 90.3 Å². The third kappa shape index (κ3) is 5.78. The molecule has 0 spiro atoms. The lowest BCUT2D eigenvalue weighted by Crippen LogP contribution is -2.11. The fraction of sp³-hybridized carbons (Fsp3) is 0.226. The summed E-state index contributed by atoms with van der Waals surface area (Å²) in [5.74, 6) is 0. The van der Waals surface area contributed by atoms with Crippen molar-refractivity contribution < 1.29 is 0 Å². The minimum atomic E-state index is 0.920. The minimum absolute atomic E-state index is 0.920. The molecular formula is C31H36N4. The molecule has 0 bridgehead atoms. The van der Waals surface area contributed by atoms with Gasteiger partial charge in [0.2, 0.25) is 0 Å². The van der Waals surface area contributed by atoms with Gasteiger partial charge in [0.15, 0.2) is 0 Å². The maximum Gasteiger partial charge on any atom is 0.0409 e. The van der Waals surface area contributed by atoms with Crippen LogP contribution in [0.2, 0.25) is 0 Å². The lowest BCUT2D eigenvalue weighted by molar-refractivity contribution is 1.12. The zero-order valence-corrected chi connectivity index (χ0v) is 21.7. The fourth-order valence-corrected chi connectivity index (χ4v) is 4.16. The Morgan fingerprint density at radius 3 is 0.829 bits per heavy atom. The summed E-state index contributed by atoms with van der Waals surface area (Å²) in [4.78, 5) is 8.68. The van der Waals surface area contributed by atoms with Gasteiger partial charge >= 0.3 is 0 Å². The molecule has 0 aliphatic carbocycles. The average molecular weight is 465 g/mol. The van der Waals surface area contributed by atoms with Gasteiger partial charge in [-0.1, -0.05) is 24.3 Å². The standard InChI is InChI=1S/C31H36N4/c1-32(2)26-15-19-30(20-16-26)34(5)28-11-7-24(8-12-28)23-25-9-13-29(14-10-25)35(6)31-21-17-27(18-22-31)33(3)4/h7-22H,23H2,1-6H3. The first-order valence-electron chi connectivity index (χ1n) is 12.0. The number of anilines is 6. The van der Waals surface area contributed by atoms with E-state index in [-0.39, 0.29) is 0 Å². The average Bonchev–Trinajstić information content (AvgIpc) is 2.89. The molecule has 0 fully saturated rings. The summed E-state index contributed by atoms with van der Waals surface area (Å²) in [5, 5.41) is 0. The van der Waals surface area contributed by atoms with Crippen molar-refractivity contribution in [1.29, 1.82) is 0 Å². The van der Waals surface area contributed by atoms with Crippen LogP contribution in [0, 0.1) is 0 Å². The van der Waals surface area contributed by atoms with Gasteiger partial charge in [0.25, 0.3) is 0 Å². The van der Waals surface area contributed by atoms with Crippen LogP contribution >= 0.6 is 0 Å². The van der Waals surface area contributed by atoms with E-state index in [9.17, 15) is 0 Å². The van der Waals surface area contributed by atoms with E-state index in [1.807, 2.05) is 0 Å². The summed E-state index contributed by atoms with van der Waals surface area (Å²) in [6, 6.07) is 35.0. The molecule has 0 atom stereocenters. The second kappa shape index (κ2) is 10.6. The zero-order chi connectivity index (χ0) is 24.9. The number of rotatable bonds is 8. The molecule has 0 aliphatic heterocycles. The van der Waals surface area contributed by atoms with Gasteiger partial charge in [-0.3, -0.25) is 0 Å². The van der Waals surface area contributed by atoms with E-state index in [1.165, 1.54) is 45.3 Å². The smallest absolute Gasteiger partial charge is 0.0409 e. The highest BCUT2D eigenvalue weighted by Gasteiger charge is 2.07. The molecule has 0 unspecified atom stereocenters. The van der Waals surface area contributed by atoms with Crippen molar-refractivity contribution in [3.05, 3.63) is 108 Å². The summed E-state index contributed by atoms with van der Waals surface area (Å²) >= 11 is 0. The predicted octanol–water partition coefficient (Wildman–Crippen LogP) is 6.95. The molecule has 0 aliphatic rings. The Morgan fingerprint density at radius 1 is 0.343 bits per heavy atom. The normalized spacial score (nSPS) is 10.7. The largest absolute Gasteiger partial charge is 0.378 e. The number of benzene rings is 4. The fourth-order valence-electron chi connectivity index (χ4n) is 4.16. The van der Waals surface area contributed by atoms with Crippen LogP contribution in [-0.4, -0.2) is 42.3 Å². The molecule has 0 N–H and O–H groups in total. The van der Waals surface area contributed by atoms with Crippen molar-refractivity contribution in [3.8, 4) is 0 Å². The third-order valence-corrected chi connectivity index (χ3v) is 6.56. The number of hydrogen-bond donors (Lipinski definition) is 0. The van der Waals surface area contributed by atoms with E-state index in [4.69, 9.17) is 0 Å². The molecule has 0 aromatic heterocycles. The number of hydrogen-bond acceptors (Lipinski definition) is 4. The van der Waals surface area contributed by atoms with Crippen LogP contribution in [0.1, 0.15) is 11.1 Å². The van der Waals surface area contributed by atoms with Crippen molar-refractivity contribution in [1.82, 2.24) is 0 Å².